The molecule has 0 saturated heterocycles. The predicted molar refractivity (Wildman–Crippen MR) is 102 cm³/mol. The summed E-state index contributed by atoms with van der Waals surface area (Å²) in [6, 6.07) is 19.8. The van der Waals surface area contributed by atoms with Crippen molar-refractivity contribution in [3.05, 3.63) is 66.7 Å². The second-order valence-corrected chi connectivity index (χ2v) is 7.64. The Morgan fingerprint density at radius 1 is 0.923 bits per heavy atom. The second-order valence-electron chi connectivity index (χ2n) is 5.90. The van der Waals surface area contributed by atoms with Crippen molar-refractivity contribution in [2.24, 2.45) is 0 Å². The summed E-state index contributed by atoms with van der Waals surface area (Å²) in [7, 11) is -2.12. The molecule has 26 heavy (non-hydrogen) atoms. The summed E-state index contributed by atoms with van der Waals surface area (Å²) in [5.41, 5.74) is 0. The van der Waals surface area contributed by atoms with Crippen LogP contribution in [0.25, 0.3) is 10.8 Å². The van der Waals surface area contributed by atoms with E-state index in [1.165, 1.54) is 0 Å². The van der Waals surface area contributed by atoms with Crippen LogP contribution in [-0.2, 0) is 10.0 Å². The number of sulfonamides is 1. The van der Waals surface area contributed by atoms with Crippen LogP contribution < -0.4 is 14.2 Å². The Morgan fingerprint density at radius 3 is 2.27 bits per heavy atom. The van der Waals surface area contributed by atoms with Gasteiger partial charge in [0.15, 0.2) is 0 Å². The van der Waals surface area contributed by atoms with Gasteiger partial charge in [0.25, 0.3) is 0 Å². The molecule has 3 aromatic carbocycles. The number of ether oxygens (including phenoxy) is 2. The maximum Gasteiger partial charge on any atom is 0.241 e. The van der Waals surface area contributed by atoms with Gasteiger partial charge in [0.2, 0.25) is 10.0 Å². The molecule has 0 aliphatic carbocycles. The molecule has 6 heteroatoms. The van der Waals surface area contributed by atoms with Gasteiger partial charge in [0.1, 0.15) is 17.6 Å². The molecule has 0 aromatic heterocycles. The lowest BCUT2D eigenvalue weighted by Gasteiger charge is -2.16. The number of hydrogen-bond acceptors (Lipinski definition) is 4. The zero-order valence-electron chi connectivity index (χ0n) is 14.7. The third-order valence-electron chi connectivity index (χ3n) is 3.99. The third-order valence-corrected chi connectivity index (χ3v) is 5.48. The molecule has 0 fully saturated rings. The van der Waals surface area contributed by atoms with E-state index in [4.69, 9.17) is 9.47 Å². The number of fused-ring (bicyclic) bond motifs is 1. The number of para-hydroxylation sites is 1. The van der Waals surface area contributed by atoms with E-state index in [9.17, 15) is 8.42 Å². The Morgan fingerprint density at radius 2 is 1.58 bits per heavy atom. The third kappa shape index (κ3) is 3.98. The highest BCUT2D eigenvalue weighted by molar-refractivity contribution is 7.89. The van der Waals surface area contributed by atoms with Gasteiger partial charge in [-0.3, -0.25) is 0 Å². The summed E-state index contributed by atoms with van der Waals surface area (Å²) in [6.07, 6.45) is -0.309. The van der Waals surface area contributed by atoms with Crippen LogP contribution in [0.15, 0.2) is 71.6 Å². The van der Waals surface area contributed by atoms with Gasteiger partial charge in [-0.05, 0) is 31.2 Å². The van der Waals surface area contributed by atoms with Crippen molar-refractivity contribution >= 4 is 20.8 Å². The maximum absolute atomic E-state index is 12.8. The van der Waals surface area contributed by atoms with Crippen LogP contribution in [0, 0.1) is 0 Å². The molecule has 5 nitrogen and oxygen atoms in total. The largest absolute Gasteiger partial charge is 0.496 e. The van der Waals surface area contributed by atoms with Crippen LogP contribution in [0.3, 0.4) is 0 Å². The molecule has 3 aromatic rings. The van der Waals surface area contributed by atoms with Crippen molar-refractivity contribution in [1.29, 1.82) is 0 Å². The Balaban J connectivity index is 1.79. The molecule has 0 heterocycles. The molecule has 0 bridgehead atoms. The van der Waals surface area contributed by atoms with Gasteiger partial charge in [-0.2, -0.15) is 0 Å². The SMILES string of the molecule is COc1ccc(S(=O)(=O)NCC(C)Oc2ccccc2)c2ccccc12. The van der Waals surface area contributed by atoms with E-state index in [0.717, 1.165) is 5.39 Å². The number of nitrogens with one attached hydrogen (secondary N) is 1. The molecule has 1 unspecified atom stereocenters. The van der Waals surface area contributed by atoms with Gasteiger partial charge in [-0.15, -0.1) is 0 Å². The Bertz CT molecular complexity index is 987. The summed E-state index contributed by atoms with van der Waals surface area (Å²) in [5.74, 6) is 1.34. The van der Waals surface area contributed by atoms with Crippen LogP contribution in [0.5, 0.6) is 11.5 Å². The molecule has 1 N–H and O–H groups in total. The lowest BCUT2D eigenvalue weighted by Crippen LogP contribution is -2.33. The molecule has 1 atom stereocenters. The predicted octanol–water partition coefficient (Wildman–Crippen LogP) is 3.59. The average Bonchev–Trinajstić information content (AvgIpc) is 2.66. The molecule has 3 rings (SSSR count). The summed E-state index contributed by atoms with van der Waals surface area (Å²) in [5, 5.41) is 1.38. The molecule has 136 valence electrons. The highest BCUT2D eigenvalue weighted by Gasteiger charge is 2.20. The first kappa shape index (κ1) is 18.2. The number of hydrogen-bond donors (Lipinski definition) is 1. The zero-order chi connectivity index (χ0) is 18.6. The topological polar surface area (TPSA) is 64.6 Å². The summed E-state index contributed by atoms with van der Waals surface area (Å²) < 4.78 is 39.3. The van der Waals surface area contributed by atoms with Crippen molar-refractivity contribution in [3.8, 4) is 11.5 Å². The van der Waals surface area contributed by atoms with E-state index in [0.29, 0.717) is 16.9 Å². The Labute approximate surface area is 153 Å². The molecule has 0 aliphatic rings. The van der Waals surface area contributed by atoms with E-state index >= 15 is 0 Å². The minimum atomic E-state index is -3.68. The van der Waals surface area contributed by atoms with Crippen LogP contribution >= 0.6 is 0 Å². The molecule has 0 radical (unpaired) electrons. The monoisotopic (exact) mass is 371 g/mol. The van der Waals surface area contributed by atoms with Gasteiger partial charge < -0.3 is 9.47 Å². The molecular weight excluding hydrogens is 350 g/mol. The van der Waals surface area contributed by atoms with Crippen molar-refractivity contribution in [1.82, 2.24) is 4.72 Å². The Hall–Kier alpha value is -2.57. The number of methoxy groups -OCH3 is 1. The summed E-state index contributed by atoms with van der Waals surface area (Å²) in [4.78, 5) is 0.223. The van der Waals surface area contributed by atoms with E-state index in [2.05, 4.69) is 4.72 Å². The lowest BCUT2D eigenvalue weighted by molar-refractivity contribution is 0.225. The molecule has 0 spiro atoms. The first-order chi connectivity index (χ1) is 12.5. The van der Waals surface area contributed by atoms with Gasteiger partial charge in [-0.25, -0.2) is 13.1 Å². The van der Waals surface area contributed by atoms with Gasteiger partial charge in [-0.1, -0.05) is 42.5 Å². The van der Waals surface area contributed by atoms with Gasteiger partial charge in [0.05, 0.1) is 12.0 Å². The van der Waals surface area contributed by atoms with Crippen LogP contribution in [0.2, 0.25) is 0 Å². The highest BCUT2D eigenvalue weighted by Crippen LogP contribution is 2.30. The van der Waals surface area contributed by atoms with Gasteiger partial charge in [0, 0.05) is 17.3 Å². The number of benzene rings is 3. The highest BCUT2D eigenvalue weighted by atomic mass is 32.2. The standard InChI is InChI=1S/C20H21NO4S/c1-15(25-16-8-4-3-5-9-16)14-21-26(22,23)20-13-12-19(24-2)17-10-6-7-11-18(17)20/h3-13,15,21H,14H2,1-2H3. The van der Waals surface area contributed by atoms with Crippen molar-refractivity contribution < 1.29 is 17.9 Å². The fraction of sp³-hybridized carbons (Fsp3) is 0.200. The first-order valence-electron chi connectivity index (χ1n) is 8.28. The summed E-state index contributed by atoms with van der Waals surface area (Å²) >= 11 is 0. The minimum absolute atomic E-state index is 0.164. The number of rotatable bonds is 7. The van der Waals surface area contributed by atoms with E-state index < -0.39 is 10.0 Å². The quantitative estimate of drug-likeness (QED) is 0.689. The average molecular weight is 371 g/mol. The molecule has 0 aliphatic heterocycles. The summed E-state index contributed by atoms with van der Waals surface area (Å²) in [6.45, 7) is 1.99. The van der Waals surface area contributed by atoms with E-state index in [1.54, 1.807) is 25.3 Å². The normalized spacial score (nSPS) is 12.7. The van der Waals surface area contributed by atoms with Crippen LogP contribution in [0.4, 0.5) is 0 Å². The molecule has 0 amide bonds. The molecular formula is C20H21NO4S. The fourth-order valence-electron chi connectivity index (χ4n) is 2.73. The van der Waals surface area contributed by atoms with Crippen LogP contribution in [0.1, 0.15) is 6.92 Å². The zero-order valence-corrected chi connectivity index (χ0v) is 15.5. The minimum Gasteiger partial charge on any atom is -0.496 e. The van der Waals surface area contributed by atoms with E-state index in [-0.39, 0.29) is 17.5 Å². The lowest BCUT2D eigenvalue weighted by atomic mass is 10.1. The van der Waals surface area contributed by atoms with Crippen molar-refractivity contribution in [2.45, 2.75) is 17.9 Å². The first-order valence-corrected chi connectivity index (χ1v) is 9.76. The van der Waals surface area contributed by atoms with E-state index in [1.807, 2.05) is 55.5 Å². The van der Waals surface area contributed by atoms with Gasteiger partial charge >= 0.3 is 0 Å². The Kier molecular flexibility index (Phi) is 5.44. The van der Waals surface area contributed by atoms with Crippen molar-refractivity contribution in [2.75, 3.05) is 13.7 Å². The maximum atomic E-state index is 12.8. The second kappa shape index (κ2) is 7.76. The molecule has 0 saturated carbocycles. The smallest absolute Gasteiger partial charge is 0.241 e. The van der Waals surface area contributed by atoms with Crippen molar-refractivity contribution in [3.63, 3.8) is 0 Å². The fourth-order valence-corrected chi connectivity index (χ4v) is 4.06. The van der Waals surface area contributed by atoms with Crippen LogP contribution in [-0.4, -0.2) is 28.2 Å².